The van der Waals surface area contributed by atoms with Crippen LogP contribution in [0.15, 0.2) is 24.3 Å². The number of methoxy groups -OCH3 is 1. The molecule has 2 rings (SSSR count). The highest BCUT2D eigenvalue weighted by atomic mass is 16.5. The summed E-state index contributed by atoms with van der Waals surface area (Å²) in [6.07, 6.45) is 1.17. The van der Waals surface area contributed by atoms with Crippen LogP contribution in [-0.2, 0) is 24.8 Å². The van der Waals surface area contributed by atoms with E-state index in [0.29, 0.717) is 19.4 Å². The van der Waals surface area contributed by atoms with Crippen molar-refractivity contribution in [1.82, 2.24) is 15.1 Å². The molecule has 5 heteroatoms. The Labute approximate surface area is 131 Å². The first kappa shape index (κ1) is 16.1. The molecule has 1 aromatic carbocycles. The van der Waals surface area contributed by atoms with E-state index in [2.05, 4.69) is 10.4 Å². The standard InChI is InChI=1S/C17H23N3O2/c1-12-16(13(2)20(3)19-12)11-18-17(21)9-8-14-6-5-7-15(10-14)22-4/h5-7,10H,8-9,11H2,1-4H3,(H,18,21). The smallest absolute Gasteiger partial charge is 0.220 e. The molecular formula is C17H23N3O2. The minimum Gasteiger partial charge on any atom is -0.497 e. The number of amides is 1. The summed E-state index contributed by atoms with van der Waals surface area (Å²) in [4.78, 5) is 12.0. The largest absolute Gasteiger partial charge is 0.497 e. The van der Waals surface area contributed by atoms with Crippen molar-refractivity contribution in [1.29, 1.82) is 0 Å². The van der Waals surface area contributed by atoms with Crippen LogP contribution < -0.4 is 10.1 Å². The van der Waals surface area contributed by atoms with Crippen LogP contribution in [0.3, 0.4) is 0 Å². The van der Waals surface area contributed by atoms with E-state index in [9.17, 15) is 4.79 Å². The van der Waals surface area contributed by atoms with Gasteiger partial charge in [0.05, 0.1) is 12.8 Å². The van der Waals surface area contributed by atoms with Gasteiger partial charge in [0, 0.05) is 31.3 Å². The van der Waals surface area contributed by atoms with Crippen LogP contribution in [0.25, 0.3) is 0 Å². The Bertz CT molecular complexity index is 662. The summed E-state index contributed by atoms with van der Waals surface area (Å²) in [5.74, 6) is 0.866. The van der Waals surface area contributed by atoms with Gasteiger partial charge in [-0.15, -0.1) is 0 Å². The van der Waals surface area contributed by atoms with Crippen LogP contribution in [0.5, 0.6) is 5.75 Å². The molecule has 1 N–H and O–H groups in total. The molecule has 22 heavy (non-hydrogen) atoms. The number of hydrogen-bond donors (Lipinski definition) is 1. The van der Waals surface area contributed by atoms with Gasteiger partial charge in [-0.05, 0) is 38.0 Å². The Balaban J connectivity index is 1.85. The lowest BCUT2D eigenvalue weighted by molar-refractivity contribution is -0.121. The minimum absolute atomic E-state index is 0.0467. The number of nitrogens with zero attached hydrogens (tertiary/aromatic N) is 2. The molecule has 0 atom stereocenters. The van der Waals surface area contributed by atoms with Crippen LogP contribution in [0, 0.1) is 13.8 Å². The van der Waals surface area contributed by atoms with Gasteiger partial charge in [0.25, 0.3) is 0 Å². The van der Waals surface area contributed by atoms with Crippen LogP contribution in [-0.4, -0.2) is 22.8 Å². The van der Waals surface area contributed by atoms with Gasteiger partial charge in [-0.3, -0.25) is 9.48 Å². The third-order valence-electron chi connectivity index (χ3n) is 3.90. The molecule has 0 radical (unpaired) electrons. The van der Waals surface area contributed by atoms with Gasteiger partial charge in [0.15, 0.2) is 0 Å². The number of ether oxygens (including phenoxy) is 1. The zero-order valence-electron chi connectivity index (χ0n) is 13.6. The van der Waals surface area contributed by atoms with Crippen LogP contribution >= 0.6 is 0 Å². The van der Waals surface area contributed by atoms with E-state index in [1.165, 1.54) is 0 Å². The van der Waals surface area contributed by atoms with Gasteiger partial charge in [-0.25, -0.2) is 0 Å². The van der Waals surface area contributed by atoms with E-state index >= 15 is 0 Å². The maximum absolute atomic E-state index is 12.0. The summed E-state index contributed by atoms with van der Waals surface area (Å²) in [6, 6.07) is 7.81. The molecule has 0 aliphatic heterocycles. The maximum atomic E-state index is 12.0. The lowest BCUT2D eigenvalue weighted by Crippen LogP contribution is -2.23. The van der Waals surface area contributed by atoms with Gasteiger partial charge >= 0.3 is 0 Å². The second-order valence-corrected chi connectivity index (χ2v) is 5.40. The Morgan fingerprint density at radius 2 is 2.14 bits per heavy atom. The predicted molar refractivity (Wildman–Crippen MR) is 85.8 cm³/mol. The van der Waals surface area contributed by atoms with Crippen molar-refractivity contribution < 1.29 is 9.53 Å². The maximum Gasteiger partial charge on any atom is 0.220 e. The molecule has 0 saturated carbocycles. The molecule has 1 aromatic heterocycles. The first-order valence-electron chi connectivity index (χ1n) is 7.40. The summed E-state index contributed by atoms with van der Waals surface area (Å²) < 4.78 is 7.03. The second-order valence-electron chi connectivity index (χ2n) is 5.40. The van der Waals surface area contributed by atoms with E-state index < -0.39 is 0 Å². The van der Waals surface area contributed by atoms with E-state index in [-0.39, 0.29) is 5.91 Å². The summed E-state index contributed by atoms with van der Waals surface area (Å²) in [6.45, 7) is 4.50. The molecule has 0 saturated heterocycles. The van der Waals surface area contributed by atoms with Gasteiger partial charge in [-0.2, -0.15) is 5.10 Å². The SMILES string of the molecule is COc1cccc(CCC(=O)NCc2c(C)nn(C)c2C)c1. The quantitative estimate of drug-likeness (QED) is 0.890. The number of hydrogen-bond acceptors (Lipinski definition) is 3. The Hall–Kier alpha value is -2.30. The average molecular weight is 301 g/mol. The number of aryl methyl sites for hydroxylation is 3. The highest BCUT2D eigenvalue weighted by Gasteiger charge is 2.10. The fraction of sp³-hybridized carbons (Fsp3) is 0.412. The van der Waals surface area contributed by atoms with E-state index in [0.717, 1.165) is 28.3 Å². The molecule has 0 unspecified atom stereocenters. The topological polar surface area (TPSA) is 56.1 Å². The lowest BCUT2D eigenvalue weighted by atomic mass is 10.1. The lowest BCUT2D eigenvalue weighted by Gasteiger charge is -2.07. The van der Waals surface area contributed by atoms with Crippen molar-refractivity contribution >= 4 is 5.91 Å². The molecule has 1 heterocycles. The minimum atomic E-state index is 0.0467. The zero-order valence-corrected chi connectivity index (χ0v) is 13.6. The third-order valence-corrected chi connectivity index (χ3v) is 3.90. The fourth-order valence-corrected chi connectivity index (χ4v) is 2.43. The van der Waals surface area contributed by atoms with Crippen molar-refractivity contribution in [3.8, 4) is 5.75 Å². The van der Waals surface area contributed by atoms with E-state index in [1.54, 1.807) is 7.11 Å². The molecule has 118 valence electrons. The monoisotopic (exact) mass is 301 g/mol. The fourth-order valence-electron chi connectivity index (χ4n) is 2.43. The number of aromatic nitrogens is 2. The number of benzene rings is 1. The van der Waals surface area contributed by atoms with Crippen LogP contribution in [0.1, 0.15) is 28.9 Å². The predicted octanol–water partition coefficient (Wildman–Crippen LogP) is 2.29. The molecule has 0 spiro atoms. The highest BCUT2D eigenvalue weighted by molar-refractivity contribution is 5.76. The Morgan fingerprint density at radius 1 is 1.36 bits per heavy atom. The second kappa shape index (κ2) is 7.11. The molecule has 1 amide bonds. The van der Waals surface area contributed by atoms with Crippen molar-refractivity contribution in [2.24, 2.45) is 7.05 Å². The molecule has 0 bridgehead atoms. The normalized spacial score (nSPS) is 10.5. The molecule has 0 fully saturated rings. The van der Waals surface area contributed by atoms with Gasteiger partial charge in [0.1, 0.15) is 5.75 Å². The number of carbonyl (C=O) groups excluding carboxylic acids is 1. The molecule has 2 aromatic rings. The van der Waals surface area contributed by atoms with Crippen molar-refractivity contribution in [3.63, 3.8) is 0 Å². The summed E-state index contributed by atoms with van der Waals surface area (Å²) in [5, 5.41) is 7.32. The van der Waals surface area contributed by atoms with Crippen LogP contribution in [0.2, 0.25) is 0 Å². The van der Waals surface area contributed by atoms with Crippen molar-refractivity contribution in [2.45, 2.75) is 33.2 Å². The van der Waals surface area contributed by atoms with E-state index in [1.807, 2.05) is 49.8 Å². The zero-order chi connectivity index (χ0) is 16.1. The molecular weight excluding hydrogens is 278 g/mol. The van der Waals surface area contributed by atoms with Gasteiger partial charge < -0.3 is 10.1 Å². The Morgan fingerprint density at radius 3 is 2.77 bits per heavy atom. The van der Waals surface area contributed by atoms with Gasteiger partial charge in [-0.1, -0.05) is 12.1 Å². The number of carbonyl (C=O) groups is 1. The first-order chi connectivity index (χ1) is 10.5. The molecule has 5 nitrogen and oxygen atoms in total. The third kappa shape index (κ3) is 3.87. The summed E-state index contributed by atoms with van der Waals surface area (Å²) >= 11 is 0. The van der Waals surface area contributed by atoms with Crippen LogP contribution in [0.4, 0.5) is 0 Å². The van der Waals surface area contributed by atoms with E-state index in [4.69, 9.17) is 4.74 Å². The van der Waals surface area contributed by atoms with Crippen molar-refractivity contribution in [2.75, 3.05) is 7.11 Å². The average Bonchev–Trinajstić information content (AvgIpc) is 2.76. The molecule has 0 aliphatic carbocycles. The van der Waals surface area contributed by atoms with Crippen molar-refractivity contribution in [3.05, 3.63) is 46.8 Å². The molecule has 0 aliphatic rings. The highest BCUT2D eigenvalue weighted by Crippen LogP contribution is 2.14. The number of rotatable bonds is 6. The Kier molecular flexibility index (Phi) is 5.20. The van der Waals surface area contributed by atoms with Gasteiger partial charge in [0.2, 0.25) is 5.91 Å². The number of nitrogens with one attached hydrogen (secondary N) is 1. The summed E-state index contributed by atoms with van der Waals surface area (Å²) in [5.41, 5.74) is 4.25. The summed E-state index contributed by atoms with van der Waals surface area (Å²) in [7, 11) is 3.56. The first-order valence-corrected chi connectivity index (χ1v) is 7.40.